The first-order valence-electron chi connectivity index (χ1n) is 12.6. The number of likely N-dealkylation sites (tertiary alicyclic amines) is 1. The Morgan fingerprint density at radius 1 is 1.07 bits per heavy atom. The first-order chi connectivity index (χ1) is 19.2. The zero-order chi connectivity index (χ0) is 30.5. The molecule has 3 amide bonds. The third kappa shape index (κ3) is 7.69. The van der Waals surface area contributed by atoms with E-state index in [0.29, 0.717) is 10.5 Å². The van der Waals surface area contributed by atoms with Crippen molar-refractivity contribution in [2.45, 2.75) is 57.3 Å². The Bertz CT molecular complexity index is 1330. The van der Waals surface area contributed by atoms with Crippen LogP contribution in [-0.4, -0.2) is 69.2 Å². The molecular formula is C28H31F4N4O5+. The summed E-state index contributed by atoms with van der Waals surface area (Å²) in [6, 6.07) is 8.22. The fourth-order valence-electron chi connectivity index (χ4n) is 4.60. The minimum atomic E-state index is -3.51. The average Bonchev–Trinajstić information content (AvgIpc) is 3.22. The number of allylic oxidation sites excluding steroid dienone is 1. The molecule has 9 nitrogen and oxygen atoms in total. The second kappa shape index (κ2) is 12.9. The molecule has 0 saturated carbocycles. The number of nitrogens with zero attached hydrogens (tertiary/aromatic N) is 1. The van der Waals surface area contributed by atoms with Gasteiger partial charge in [0.2, 0.25) is 5.91 Å². The van der Waals surface area contributed by atoms with Crippen molar-refractivity contribution in [3.8, 4) is 0 Å². The van der Waals surface area contributed by atoms with Gasteiger partial charge in [0, 0.05) is 25.5 Å². The summed E-state index contributed by atoms with van der Waals surface area (Å²) in [6.45, 7) is 0.686. The van der Waals surface area contributed by atoms with Crippen LogP contribution in [0.3, 0.4) is 0 Å². The highest BCUT2D eigenvalue weighted by atomic mass is 19.3. The van der Waals surface area contributed by atoms with Crippen LogP contribution in [0.2, 0.25) is 0 Å². The van der Waals surface area contributed by atoms with Gasteiger partial charge in [0.25, 0.3) is 17.7 Å². The van der Waals surface area contributed by atoms with E-state index in [4.69, 9.17) is 5.41 Å². The number of nitrogens with two attached hydrogens (primary N) is 1. The molecular weight excluding hydrogens is 548 g/mol. The predicted octanol–water partition coefficient (Wildman–Crippen LogP) is 0.958. The van der Waals surface area contributed by atoms with Crippen molar-refractivity contribution in [3.63, 3.8) is 0 Å². The van der Waals surface area contributed by atoms with Gasteiger partial charge in [0.15, 0.2) is 11.8 Å². The topological polar surface area (TPSA) is 145 Å². The number of benzene rings is 2. The summed E-state index contributed by atoms with van der Waals surface area (Å²) in [6.07, 6.45) is -3.33. The molecule has 3 rings (SSSR count). The average molecular weight is 580 g/mol. The maximum Gasteiger partial charge on any atom is 0.267 e. The third-order valence-electron chi connectivity index (χ3n) is 6.59. The van der Waals surface area contributed by atoms with E-state index in [-0.39, 0.29) is 17.7 Å². The first-order valence-corrected chi connectivity index (χ1v) is 12.6. The molecule has 0 aliphatic carbocycles. The van der Waals surface area contributed by atoms with Crippen LogP contribution in [0.1, 0.15) is 31.4 Å². The van der Waals surface area contributed by atoms with Gasteiger partial charge in [-0.15, -0.1) is 0 Å². The van der Waals surface area contributed by atoms with Crippen LogP contribution >= 0.6 is 0 Å². The third-order valence-corrected chi connectivity index (χ3v) is 6.59. The maximum atomic E-state index is 14.5. The molecule has 2 aromatic carbocycles. The lowest BCUT2D eigenvalue weighted by atomic mass is 9.98. The van der Waals surface area contributed by atoms with Gasteiger partial charge in [-0.05, 0) is 31.0 Å². The van der Waals surface area contributed by atoms with Crippen LogP contribution in [0.25, 0.3) is 0 Å². The van der Waals surface area contributed by atoms with E-state index in [2.05, 4.69) is 10.6 Å². The van der Waals surface area contributed by atoms with Crippen molar-refractivity contribution >= 4 is 23.4 Å². The van der Waals surface area contributed by atoms with E-state index in [1.165, 1.54) is 13.8 Å². The Morgan fingerprint density at radius 2 is 1.68 bits per heavy atom. The number of alkyl halides is 2. The number of hydrogen-bond acceptors (Lipinski definition) is 5. The van der Waals surface area contributed by atoms with Crippen molar-refractivity contribution in [1.29, 1.82) is 0 Å². The largest absolute Gasteiger partial charge is 0.512 e. The Morgan fingerprint density at radius 3 is 2.24 bits per heavy atom. The van der Waals surface area contributed by atoms with Crippen molar-refractivity contribution in [3.05, 3.63) is 82.6 Å². The van der Waals surface area contributed by atoms with Gasteiger partial charge in [-0.25, -0.2) is 17.6 Å². The molecule has 0 spiro atoms. The van der Waals surface area contributed by atoms with E-state index in [9.17, 15) is 42.2 Å². The fourth-order valence-corrected chi connectivity index (χ4v) is 4.60. The van der Waals surface area contributed by atoms with Crippen LogP contribution in [0.15, 0.2) is 59.9 Å². The number of hydrogen-bond donors (Lipinski definition) is 5. The molecule has 1 aliphatic heterocycles. The molecule has 1 saturated heterocycles. The quantitative estimate of drug-likeness (QED) is 0.123. The molecule has 1 heterocycles. The molecule has 0 unspecified atom stereocenters. The zero-order valence-corrected chi connectivity index (χ0v) is 22.3. The van der Waals surface area contributed by atoms with E-state index in [1.807, 2.05) is 0 Å². The highest BCUT2D eigenvalue weighted by molar-refractivity contribution is 6.18. The van der Waals surface area contributed by atoms with Crippen molar-refractivity contribution < 1.29 is 47.6 Å². The molecule has 0 radical (unpaired) electrons. The van der Waals surface area contributed by atoms with Crippen LogP contribution < -0.4 is 16.0 Å². The summed E-state index contributed by atoms with van der Waals surface area (Å²) in [7, 11) is 0. The standard InChI is InChI=1S/C28H30F4N4O5/c1-15(33)23(16(2)37)26(40)35-21(11-17-7-4-3-5-8-17)24(38)27(41)36-14-28(31,32)12-22(36)25(39)34-13-18-19(29)9-6-10-20(18)30/h3-10,21-22,24,33,37-38H,11-14H2,1-2H3,(H,34,39)(H,35,40)/p+1/b23-16+,33-15?/t21-,22-,24-/m0/s1. The Kier molecular flexibility index (Phi) is 9.87. The number of halogens is 4. The Hall–Kier alpha value is -4.26. The minimum absolute atomic E-state index is 0.0519. The van der Waals surface area contributed by atoms with Crippen molar-refractivity contribution in [2.75, 3.05) is 6.54 Å². The maximum absolute atomic E-state index is 14.5. The molecule has 1 fully saturated rings. The van der Waals surface area contributed by atoms with Crippen LogP contribution in [0.4, 0.5) is 17.6 Å². The van der Waals surface area contributed by atoms with Gasteiger partial charge in [-0.1, -0.05) is 36.4 Å². The molecule has 2 aromatic rings. The Labute approximate surface area is 233 Å². The number of carbonyl (C=O) groups excluding carboxylic acids is 3. The highest BCUT2D eigenvalue weighted by Gasteiger charge is 2.51. The molecule has 220 valence electrons. The molecule has 6 N–H and O–H groups in total. The molecule has 1 aliphatic rings. The smallest absolute Gasteiger partial charge is 0.267 e. The van der Waals surface area contributed by atoms with Crippen molar-refractivity contribution in [1.82, 2.24) is 15.5 Å². The second-order valence-corrected chi connectivity index (χ2v) is 9.82. The molecule has 13 heteroatoms. The Balaban J connectivity index is 1.85. The van der Waals surface area contributed by atoms with E-state index >= 15 is 0 Å². The number of amides is 3. The lowest BCUT2D eigenvalue weighted by Gasteiger charge is -2.30. The molecule has 0 aromatic heterocycles. The predicted molar refractivity (Wildman–Crippen MR) is 139 cm³/mol. The van der Waals surface area contributed by atoms with Gasteiger partial charge in [0.1, 0.15) is 29.0 Å². The van der Waals surface area contributed by atoms with Gasteiger partial charge in [-0.2, -0.15) is 0 Å². The van der Waals surface area contributed by atoms with Gasteiger partial charge in [-0.3, -0.25) is 19.8 Å². The first kappa shape index (κ1) is 31.3. The van der Waals surface area contributed by atoms with E-state index in [0.717, 1.165) is 18.2 Å². The fraction of sp³-hybridized carbons (Fsp3) is 0.357. The number of aliphatic hydroxyl groups is 2. The monoisotopic (exact) mass is 579 g/mol. The van der Waals surface area contributed by atoms with Gasteiger partial charge >= 0.3 is 0 Å². The minimum Gasteiger partial charge on any atom is -0.512 e. The number of rotatable bonds is 10. The number of nitrogens with one attached hydrogen (secondary N) is 2. The number of carbonyl (C=O) groups is 3. The highest BCUT2D eigenvalue weighted by Crippen LogP contribution is 2.33. The van der Waals surface area contributed by atoms with Gasteiger partial charge in [0.05, 0.1) is 12.6 Å². The van der Waals surface area contributed by atoms with E-state index in [1.54, 1.807) is 30.3 Å². The molecule has 41 heavy (non-hydrogen) atoms. The lowest BCUT2D eigenvalue weighted by molar-refractivity contribution is -0.147. The van der Waals surface area contributed by atoms with E-state index < -0.39 is 84.3 Å². The van der Waals surface area contributed by atoms with Gasteiger partial charge < -0.3 is 25.7 Å². The summed E-state index contributed by atoms with van der Waals surface area (Å²) in [4.78, 5) is 39.6. The summed E-state index contributed by atoms with van der Waals surface area (Å²) >= 11 is 0. The van der Waals surface area contributed by atoms with Crippen LogP contribution in [0, 0.1) is 11.6 Å². The summed E-state index contributed by atoms with van der Waals surface area (Å²) in [5.74, 6) is -9.16. The van der Waals surface area contributed by atoms with Crippen LogP contribution in [0.5, 0.6) is 0 Å². The second-order valence-electron chi connectivity index (χ2n) is 9.82. The summed E-state index contributed by atoms with van der Waals surface area (Å²) in [5.41, 5.74) is -0.279. The normalized spacial score (nSPS) is 18.2. The van der Waals surface area contributed by atoms with Crippen LogP contribution in [-0.2, 0) is 27.3 Å². The number of aliphatic hydroxyl groups excluding tert-OH is 2. The van der Waals surface area contributed by atoms with Crippen molar-refractivity contribution in [2.24, 2.45) is 0 Å². The lowest BCUT2D eigenvalue weighted by Crippen LogP contribution is -2.56. The molecule has 0 bridgehead atoms. The zero-order valence-electron chi connectivity index (χ0n) is 22.3. The molecule has 3 atom stereocenters. The summed E-state index contributed by atoms with van der Waals surface area (Å²) in [5, 5.41) is 31.3. The SMILES string of the molecule is CC(=[NH2+])/C(C(=O)N[C@@H](Cc1ccccc1)[C@H](O)C(=O)N1CC(F)(F)C[C@H]1C(=O)NCc1c(F)cccc1F)=C(/C)O. The summed E-state index contributed by atoms with van der Waals surface area (Å²) < 4.78 is 56.9.